The van der Waals surface area contributed by atoms with Crippen LogP contribution >= 0.6 is 0 Å². The number of hydrogen-bond donors (Lipinski definition) is 0. The normalized spacial score (nSPS) is 19.4. The van der Waals surface area contributed by atoms with Gasteiger partial charge in [0.15, 0.2) is 0 Å². The van der Waals surface area contributed by atoms with Crippen molar-refractivity contribution in [2.24, 2.45) is 17.3 Å². The molecule has 0 amide bonds. The maximum Gasteiger partial charge on any atom is -0.00259 e. The first-order chi connectivity index (χ1) is 15.5. The molecular weight excluding hydrogens is 396 g/mol. The molecule has 1 fully saturated rings. The lowest BCUT2D eigenvalue weighted by Gasteiger charge is -2.33. The topological polar surface area (TPSA) is 0 Å². The monoisotopic (exact) mass is 446 g/mol. The van der Waals surface area contributed by atoms with Crippen LogP contribution in [0.2, 0.25) is 0 Å². The van der Waals surface area contributed by atoms with E-state index in [1.54, 1.807) is 16.7 Å². The summed E-state index contributed by atoms with van der Waals surface area (Å²) in [6, 6.07) is 7.55. The van der Waals surface area contributed by atoms with Gasteiger partial charge in [-0.15, -0.1) is 6.58 Å². The van der Waals surface area contributed by atoms with E-state index in [1.165, 1.54) is 55.2 Å². The van der Waals surface area contributed by atoms with Crippen LogP contribution in [0.5, 0.6) is 0 Å². The highest BCUT2D eigenvalue weighted by atomic mass is 14.3. The molecule has 0 aliphatic heterocycles. The molecule has 0 radical (unpaired) electrons. The van der Waals surface area contributed by atoms with Crippen LogP contribution in [-0.4, -0.2) is 0 Å². The maximum atomic E-state index is 4.18. The summed E-state index contributed by atoms with van der Waals surface area (Å²) >= 11 is 0. The minimum Gasteiger partial charge on any atom is -0.100 e. The molecule has 0 heterocycles. The lowest BCUT2D eigenvalue weighted by atomic mass is 9.71. The van der Waals surface area contributed by atoms with Crippen LogP contribution < -0.4 is 0 Å². The van der Waals surface area contributed by atoms with Gasteiger partial charge in [0.25, 0.3) is 0 Å². The molecule has 0 N–H and O–H groups in total. The number of hydrogen-bond acceptors (Lipinski definition) is 0. The molecule has 1 saturated carbocycles. The minimum absolute atomic E-state index is 0.265. The lowest BCUT2D eigenvalue weighted by Crippen LogP contribution is -2.20. The molecular formula is C33H50. The van der Waals surface area contributed by atoms with Gasteiger partial charge >= 0.3 is 0 Å². The third kappa shape index (κ3) is 7.21. The van der Waals surface area contributed by atoms with E-state index in [0.29, 0.717) is 11.8 Å². The summed E-state index contributed by atoms with van der Waals surface area (Å²) in [6.45, 7) is 20.6. The molecule has 0 nitrogen and oxygen atoms in total. The van der Waals surface area contributed by atoms with Crippen LogP contribution in [0.4, 0.5) is 0 Å². The first kappa shape index (κ1) is 26.1. The smallest absolute Gasteiger partial charge is 0.00259 e. The Morgan fingerprint density at radius 3 is 2.33 bits per heavy atom. The van der Waals surface area contributed by atoms with Gasteiger partial charge in [-0.1, -0.05) is 102 Å². The fourth-order valence-corrected chi connectivity index (χ4v) is 6.15. The molecule has 2 aliphatic carbocycles. The van der Waals surface area contributed by atoms with Crippen molar-refractivity contribution in [3.8, 4) is 0 Å². The van der Waals surface area contributed by atoms with Crippen LogP contribution in [0.25, 0.3) is 0 Å². The predicted octanol–water partition coefficient (Wildman–Crippen LogP) is 10.3. The molecule has 0 spiro atoms. The van der Waals surface area contributed by atoms with Crippen LogP contribution in [0, 0.1) is 17.3 Å². The first-order valence-corrected chi connectivity index (χ1v) is 13.7. The molecule has 0 saturated heterocycles. The SMILES string of the molecule is C=C(C)C[C@@H](C)c1ccc(C(CC(C)C)C2CCCCC2)c(CC2=CCC(C(C)(C)C)=C2)c1. The highest BCUT2D eigenvalue weighted by Gasteiger charge is 2.28. The Bertz CT molecular complexity index is 864. The van der Waals surface area contributed by atoms with Crippen molar-refractivity contribution >= 4 is 0 Å². The second-order valence-corrected chi connectivity index (χ2v) is 12.7. The van der Waals surface area contributed by atoms with Gasteiger partial charge in [-0.2, -0.15) is 0 Å². The molecule has 1 unspecified atom stereocenters. The first-order valence-electron chi connectivity index (χ1n) is 13.7. The molecule has 2 aliphatic rings. The summed E-state index contributed by atoms with van der Waals surface area (Å²) in [4.78, 5) is 0. The second kappa shape index (κ2) is 11.2. The van der Waals surface area contributed by atoms with Crippen molar-refractivity contribution in [2.75, 3.05) is 0 Å². The Hall–Kier alpha value is -1.56. The van der Waals surface area contributed by atoms with E-state index in [1.807, 2.05) is 0 Å². The summed E-state index contributed by atoms with van der Waals surface area (Å²) in [5, 5.41) is 0. The molecule has 0 aromatic heterocycles. The van der Waals surface area contributed by atoms with Gasteiger partial charge in [-0.3, -0.25) is 0 Å². The molecule has 0 bridgehead atoms. The summed E-state index contributed by atoms with van der Waals surface area (Å²) in [7, 11) is 0. The van der Waals surface area contributed by atoms with Crippen LogP contribution in [0.3, 0.4) is 0 Å². The molecule has 3 rings (SSSR count). The van der Waals surface area contributed by atoms with Crippen LogP contribution in [0.1, 0.15) is 128 Å². The predicted molar refractivity (Wildman–Crippen MR) is 147 cm³/mol. The number of benzene rings is 1. The summed E-state index contributed by atoms with van der Waals surface area (Å²) < 4.78 is 0. The van der Waals surface area contributed by atoms with E-state index < -0.39 is 0 Å². The Morgan fingerprint density at radius 2 is 1.76 bits per heavy atom. The van der Waals surface area contributed by atoms with Crippen molar-refractivity contribution in [1.29, 1.82) is 0 Å². The lowest BCUT2D eigenvalue weighted by molar-refractivity contribution is 0.276. The van der Waals surface area contributed by atoms with Crippen LogP contribution in [0.15, 0.2) is 53.6 Å². The third-order valence-corrected chi connectivity index (χ3v) is 8.04. The zero-order chi connectivity index (χ0) is 24.2. The quantitative estimate of drug-likeness (QED) is 0.331. The fraction of sp³-hybridized carbons (Fsp3) is 0.636. The fourth-order valence-electron chi connectivity index (χ4n) is 6.15. The molecule has 1 aromatic rings. The van der Waals surface area contributed by atoms with Crippen molar-refractivity contribution in [3.63, 3.8) is 0 Å². The molecule has 182 valence electrons. The standard InChI is InChI=1S/C33H50/c1-23(2)18-25(5)28-15-17-31(32(19-24(3)4)27-12-10-9-11-13-27)29(22-28)20-26-14-16-30(21-26)33(6,7)8/h14-15,17,21-22,24-25,27,32H,1,9-13,16,18-20H2,2-8H3/t25-,32?/m1/s1. The van der Waals surface area contributed by atoms with Gasteiger partial charge in [0.05, 0.1) is 0 Å². The molecule has 0 heteroatoms. The molecule has 2 atom stereocenters. The second-order valence-electron chi connectivity index (χ2n) is 12.7. The number of rotatable bonds is 9. The van der Waals surface area contributed by atoms with E-state index in [9.17, 15) is 0 Å². The molecule has 1 aromatic carbocycles. The minimum atomic E-state index is 0.265. The van der Waals surface area contributed by atoms with Crippen molar-refractivity contribution in [2.45, 2.75) is 118 Å². The zero-order valence-corrected chi connectivity index (χ0v) is 22.8. The highest BCUT2D eigenvalue weighted by molar-refractivity contribution is 5.44. The van der Waals surface area contributed by atoms with Gasteiger partial charge in [0, 0.05) is 0 Å². The Balaban J connectivity index is 1.98. The average molecular weight is 447 g/mol. The highest BCUT2D eigenvalue weighted by Crippen LogP contribution is 2.43. The Labute approximate surface area is 205 Å². The van der Waals surface area contributed by atoms with Gasteiger partial charge in [0.1, 0.15) is 0 Å². The van der Waals surface area contributed by atoms with E-state index in [-0.39, 0.29) is 5.41 Å². The average Bonchev–Trinajstić information content (AvgIpc) is 3.21. The molecule has 33 heavy (non-hydrogen) atoms. The van der Waals surface area contributed by atoms with Crippen molar-refractivity contribution < 1.29 is 0 Å². The van der Waals surface area contributed by atoms with E-state index in [4.69, 9.17) is 0 Å². The largest absolute Gasteiger partial charge is 0.100 e. The van der Waals surface area contributed by atoms with E-state index in [0.717, 1.165) is 31.1 Å². The van der Waals surface area contributed by atoms with Gasteiger partial charge in [0.2, 0.25) is 0 Å². The van der Waals surface area contributed by atoms with Gasteiger partial charge in [-0.05, 0) is 96.8 Å². The third-order valence-electron chi connectivity index (χ3n) is 8.04. The summed E-state index contributed by atoms with van der Waals surface area (Å²) in [6.07, 6.45) is 16.7. The Kier molecular flexibility index (Phi) is 8.88. The van der Waals surface area contributed by atoms with Gasteiger partial charge in [-0.25, -0.2) is 0 Å². The van der Waals surface area contributed by atoms with Gasteiger partial charge < -0.3 is 0 Å². The van der Waals surface area contributed by atoms with E-state index >= 15 is 0 Å². The van der Waals surface area contributed by atoms with Crippen LogP contribution in [-0.2, 0) is 6.42 Å². The Morgan fingerprint density at radius 1 is 1.06 bits per heavy atom. The number of allylic oxidation sites excluding steroid dienone is 5. The maximum absolute atomic E-state index is 4.18. The zero-order valence-electron chi connectivity index (χ0n) is 22.8. The van der Waals surface area contributed by atoms with Crippen molar-refractivity contribution in [3.05, 3.63) is 70.3 Å². The van der Waals surface area contributed by atoms with E-state index in [2.05, 4.69) is 85.4 Å². The summed E-state index contributed by atoms with van der Waals surface area (Å²) in [5.41, 5.74) is 9.39. The van der Waals surface area contributed by atoms with Crippen molar-refractivity contribution in [1.82, 2.24) is 0 Å². The summed E-state index contributed by atoms with van der Waals surface area (Å²) in [5.74, 6) is 2.84.